The van der Waals surface area contributed by atoms with Crippen molar-refractivity contribution in [1.29, 1.82) is 0 Å². The molecule has 0 aliphatic carbocycles. The standard InChI is InChI=1S/C20H21N5O2/c1-12-7-13(2)9-16(8-12)24-18(26)11-25-19(17-10-21-5-6-22-17)23-15(4)14(3)20(25)27/h5-10H,11H2,1-4H3,(H,24,26). The number of nitrogens with zero attached hydrogens (tertiary/aromatic N) is 4. The summed E-state index contributed by atoms with van der Waals surface area (Å²) in [6.45, 7) is 7.23. The molecule has 1 N–H and O–H groups in total. The molecule has 0 fully saturated rings. The quantitative estimate of drug-likeness (QED) is 0.769. The van der Waals surface area contributed by atoms with E-state index in [4.69, 9.17) is 0 Å². The molecule has 3 aromatic rings. The van der Waals surface area contributed by atoms with Gasteiger partial charge in [-0.25, -0.2) is 9.97 Å². The van der Waals surface area contributed by atoms with Gasteiger partial charge in [0.25, 0.3) is 5.56 Å². The number of benzene rings is 1. The fourth-order valence-electron chi connectivity index (χ4n) is 2.90. The van der Waals surface area contributed by atoms with Crippen molar-refractivity contribution < 1.29 is 4.79 Å². The molecule has 0 atom stereocenters. The van der Waals surface area contributed by atoms with Crippen LogP contribution in [0.1, 0.15) is 22.4 Å². The highest BCUT2D eigenvalue weighted by Crippen LogP contribution is 2.16. The van der Waals surface area contributed by atoms with E-state index in [9.17, 15) is 9.59 Å². The Morgan fingerprint density at radius 3 is 2.41 bits per heavy atom. The van der Waals surface area contributed by atoms with E-state index in [1.165, 1.54) is 17.0 Å². The number of carbonyl (C=O) groups is 1. The summed E-state index contributed by atoms with van der Waals surface area (Å²) in [6.07, 6.45) is 4.59. The third-order valence-electron chi connectivity index (χ3n) is 4.24. The second kappa shape index (κ2) is 7.49. The third-order valence-corrected chi connectivity index (χ3v) is 4.24. The van der Waals surface area contributed by atoms with Crippen LogP contribution >= 0.6 is 0 Å². The van der Waals surface area contributed by atoms with E-state index in [1.54, 1.807) is 20.0 Å². The lowest BCUT2D eigenvalue weighted by atomic mass is 10.1. The Hall–Kier alpha value is -3.35. The molecule has 3 rings (SSSR count). The summed E-state index contributed by atoms with van der Waals surface area (Å²) < 4.78 is 1.34. The molecule has 0 aliphatic rings. The molecular weight excluding hydrogens is 342 g/mol. The Morgan fingerprint density at radius 1 is 1.07 bits per heavy atom. The van der Waals surface area contributed by atoms with Crippen molar-refractivity contribution in [2.24, 2.45) is 0 Å². The lowest BCUT2D eigenvalue weighted by Gasteiger charge is -2.14. The number of nitrogens with one attached hydrogen (secondary N) is 1. The number of anilines is 1. The largest absolute Gasteiger partial charge is 0.325 e. The van der Waals surface area contributed by atoms with Gasteiger partial charge in [0.1, 0.15) is 12.2 Å². The van der Waals surface area contributed by atoms with E-state index in [-0.39, 0.29) is 18.0 Å². The van der Waals surface area contributed by atoms with Gasteiger partial charge in [-0.15, -0.1) is 0 Å². The number of hydrogen-bond acceptors (Lipinski definition) is 5. The minimum absolute atomic E-state index is 0.161. The van der Waals surface area contributed by atoms with Crippen LogP contribution in [0.4, 0.5) is 5.69 Å². The molecule has 0 saturated carbocycles. The zero-order valence-electron chi connectivity index (χ0n) is 15.8. The Kier molecular flexibility index (Phi) is 5.12. The highest BCUT2D eigenvalue weighted by atomic mass is 16.2. The van der Waals surface area contributed by atoms with Crippen molar-refractivity contribution in [3.05, 3.63) is 69.5 Å². The second-order valence-electron chi connectivity index (χ2n) is 6.55. The minimum atomic E-state index is -0.308. The first kappa shape index (κ1) is 18.4. The maximum absolute atomic E-state index is 12.8. The third kappa shape index (κ3) is 4.08. The number of hydrogen-bond donors (Lipinski definition) is 1. The molecule has 0 unspecified atom stereocenters. The predicted molar refractivity (Wildman–Crippen MR) is 104 cm³/mol. The fourth-order valence-corrected chi connectivity index (χ4v) is 2.90. The van der Waals surface area contributed by atoms with Crippen molar-refractivity contribution in [1.82, 2.24) is 19.5 Å². The summed E-state index contributed by atoms with van der Waals surface area (Å²) in [7, 11) is 0. The van der Waals surface area contributed by atoms with Crippen LogP contribution < -0.4 is 10.9 Å². The Balaban J connectivity index is 1.97. The molecule has 27 heavy (non-hydrogen) atoms. The molecule has 1 aromatic carbocycles. The summed E-state index contributed by atoms with van der Waals surface area (Å²) in [6, 6.07) is 5.80. The summed E-state index contributed by atoms with van der Waals surface area (Å²) in [5.74, 6) is 0.0177. The van der Waals surface area contributed by atoms with Crippen molar-refractivity contribution in [3.63, 3.8) is 0 Å². The van der Waals surface area contributed by atoms with Crippen LogP contribution in [-0.4, -0.2) is 25.4 Å². The van der Waals surface area contributed by atoms with Crippen LogP contribution in [0.25, 0.3) is 11.5 Å². The van der Waals surface area contributed by atoms with Crippen LogP contribution in [0.15, 0.2) is 41.6 Å². The molecular formula is C20H21N5O2. The average Bonchev–Trinajstić information content (AvgIpc) is 2.62. The zero-order chi connectivity index (χ0) is 19.6. The number of aryl methyl sites for hydroxylation is 3. The van der Waals surface area contributed by atoms with Gasteiger partial charge in [0, 0.05) is 29.3 Å². The van der Waals surface area contributed by atoms with Crippen molar-refractivity contribution >= 4 is 11.6 Å². The maximum Gasteiger partial charge on any atom is 0.257 e. The first-order valence-corrected chi connectivity index (χ1v) is 8.57. The van der Waals surface area contributed by atoms with E-state index in [1.807, 2.05) is 32.0 Å². The second-order valence-corrected chi connectivity index (χ2v) is 6.55. The predicted octanol–water partition coefficient (Wildman–Crippen LogP) is 2.57. The molecule has 7 nitrogen and oxygen atoms in total. The summed E-state index contributed by atoms with van der Waals surface area (Å²) >= 11 is 0. The van der Waals surface area contributed by atoms with Crippen LogP contribution in [0.2, 0.25) is 0 Å². The summed E-state index contributed by atoms with van der Waals surface area (Å²) in [5, 5.41) is 2.85. The van der Waals surface area contributed by atoms with E-state index < -0.39 is 0 Å². The van der Waals surface area contributed by atoms with Crippen LogP contribution in [-0.2, 0) is 11.3 Å². The molecule has 0 radical (unpaired) electrons. The van der Waals surface area contributed by atoms with Gasteiger partial charge in [0.05, 0.1) is 6.20 Å². The van der Waals surface area contributed by atoms with Gasteiger partial charge in [-0.2, -0.15) is 0 Å². The van der Waals surface area contributed by atoms with E-state index in [0.717, 1.165) is 11.1 Å². The fraction of sp³-hybridized carbons (Fsp3) is 0.250. The topological polar surface area (TPSA) is 89.8 Å². The number of amides is 1. The molecule has 2 heterocycles. The summed E-state index contributed by atoms with van der Waals surface area (Å²) in [4.78, 5) is 38.1. The number of carbonyl (C=O) groups excluding carboxylic acids is 1. The molecule has 0 saturated heterocycles. The Labute approximate surface area is 157 Å². The van der Waals surface area contributed by atoms with Gasteiger partial charge in [-0.05, 0) is 51.0 Å². The van der Waals surface area contributed by atoms with Gasteiger partial charge in [0.2, 0.25) is 5.91 Å². The van der Waals surface area contributed by atoms with Gasteiger partial charge in [-0.3, -0.25) is 19.1 Å². The Morgan fingerprint density at radius 2 is 1.78 bits per heavy atom. The monoisotopic (exact) mass is 363 g/mol. The molecule has 0 aliphatic heterocycles. The Bertz CT molecular complexity index is 1040. The number of rotatable bonds is 4. The van der Waals surface area contributed by atoms with Crippen molar-refractivity contribution in [2.45, 2.75) is 34.2 Å². The first-order valence-electron chi connectivity index (χ1n) is 8.57. The summed E-state index contributed by atoms with van der Waals surface area (Å²) in [5.41, 5.74) is 4.08. The van der Waals surface area contributed by atoms with Gasteiger partial charge in [0.15, 0.2) is 5.82 Å². The van der Waals surface area contributed by atoms with E-state index in [2.05, 4.69) is 20.3 Å². The maximum atomic E-state index is 12.8. The normalized spacial score (nSPS) is 10.7. The molecule has 2 aromatic heterocycles. The van der Waals surface area contributed by atoms with Crippen LogP contribution in [0.5, 0.6) is 0 Å². The SMILES string of the molecule is Cc1cc(C)cc(NC(=O)Cn2c(-c3cnccn3)nc(C)c(C)c2=O)c1. The van der Waals surface area contributed by atoms with Crippen LogP contribution in [0.3, 0.4) is 0 Å². The highest BCUT2D eigenvalue weighted by Gasteiger charge is 2.17. The highest BCUT2D eigenvalue weighted by molar-refractivity contribution is 5.91. The van der Waals surface area contributed by atoms with Gasteiger partial charge in [-0.1, -0.05) is 6.07 Å². The number of aromatic nitrogens is 4. The van der Waals surface area contributed by atoms with E-state index >= 15 is 0 Å². The van der Waals surface area contributed by atoms with Crippen LogP contribution in [0, 0.1) is 27.7 Å². The zero-order valence-corrected chi connectivity index (χ0v) is 15.8. The van der Waals surface area contributed by atoms with E-state index in [0.29, 0.717) is 28.5 Å². The molecule has 0 spiro atoms. The van der Waals surface area contributed by atoms with Gasteiger partial charge < -0.3 is 5.32 Å². The average molecular weight is 363 g/mol. The lowest BCUT2D eigenvalue weighted by molar-refractivity contribution is -0.116. The molecule has 138 valence electrons. The molecule has 7 heteroatoms. The molecule has 0 bridgehead atoms. The van der Waals surface area contributed by atoms with Crippen molar-refractivity contribution in [3.8, 4) is 11.5 Å². The van der Waals surface area contributed by atoms with Crippen molar-refractivity contribution in [2.75, 3.05) is 5.32 Å². The minimum Gasteiger partial charge on any atom is -0.325 e. The first-order chi connectivity index (χ1) is 12.8. The molecule has 1 amide bonds. The lowest BCUT2D eigenvalue weighted by Crippen LogP contribution is -2.32. The smallest absolute Gasteiger partial charge is 0.257 e. The van der Waals surface area contributed by atoms with Gasteiger partial charge >= 0.3 is 0 Å².